The van der Waals surface area contributed by atoms with Gasteiger partial charge in [0.15, 0.2) is 0 Å². The summed E-state index contributed by atoms with van der Waals surface area (Å²) in [5.41, 5.74) is 8.00. The van der Waals surface area contributed by atoms with Gasteiger partial charge in [-0.15, -0.1) is 0 Å². The second kappa shape index (κ2) is 2.83. The van der Waals surface area contributed by atoms with Crippen molar-refractivity contribution in [3.05, 3.63) is 33.8 Å². The normalized spacial score (nSPS) is 27.2. The van der Waals surface area contributed by atoms with E-state index in [-0.39, 0.29) is 6.04 Å². The van der Waals surface area contributed by atoms with E-state index in [9.17, 15) is 5.11 Å². The van der Waals surface area contributed by atoms with Gasteiger partial charge in [-0.2, -0.15) is 0 Å². The molecular weight excluding hydrogens is 218 g/mol. The van der Waals surface area contributed by atoms with Gasteiger partial charge in [0.2, 0.25) is 0 Å². The monoisotopic (exact) mass is 227 g/mol. The molecule has 3 heteroatoms. The van der Waals surface area contributed by atoms with Crippen LogP contribution in [-0.2, 0) is 6.42 Å². The summed E-state index contributed by atoms with van der Waals surface area (Å²) in [4.78, 5) is 0. The molecule has 1 aliphatic rings. The Bertz CT molecular complexity index is 313. The summed E-state index contributed by atoms with van der Waals surface area (Å²) in [7, 11) is 0. The van der Waals surface area contributed by atoms with E-state index in [4.69, 9.17) is 5.73 Å². The van der Waals surface area contributed by atoms with Gasteiger partial charge in [-0.25, -0.2) is 0 Å². The lowest BCUT2D eigenvalue weighted by molar-refractivity contribution is 0.158. The predicted molar refractivity (Wildman–Crippen MR) is 50.8 cm³/mol. The van der Waals surface area contributed by atoms with Gasteiger partial charge in [-0.05, 0) is 17.2 Å². The molecule has 12 heavy (non-hydrogen) atoms. The molecule has 0 radical (unpaired) electrons. The van der Waals surface area contributed by atoms with Gasteiger partial charge in [-0.1, -0.05) is 28.1 Å². The Balaban J connectivity index is 2.53. The van der Waals surface area contributed by atoms with Crippen LogP contribution in [0.2, 0.25) is 0 Å². The number of hydrogen-bond acceptors (Lipinski definition) is 2. The molecule has 64 valence electrons. The summed E-state index contributed by atoms with van der Waals surface area (Å²) in [6, 6.07) is 5.68. The summed E-state index contributed by atoms with van der Waals surface area (Å²) < 4.78 is 1.05. The molecule has 1 aromatic carbocycles. The van der Waals surface area contributed by atoms with Crippen molar-refractivity contribution in [1.82, 2.24) is 0 Å². The van der Waals surface area contributed by atoms with Gasteiger partial charge in [0.05, 0.1) is 12.1 Å². The average Bonchev–Trinajstić information content (AvgIpc) is 2.32. The van der Waals surface area contributed by atoms with E-state index < -0.39 is 6.10 Å². The maximum atomic E-state index is 9.50. The smallest absolute Gasteiger partial charge is 0.0773 e. The van der Waals surface area contributed by atoms with Crippen LogP contribution in [0.15, 0.2) is 22.7 Å². The summed E-state index contributed by atoms with van der Waals surface area (Å²) >= 11 is 3.44. The fourth-order valence-electron chi connectivity index (χ4n) is 1.65. The van der Waals surface area contributed by atoms with E-state index in [0.29, 0.717) is 6.42 Å². The van der Waals surface area contributed by atoms with E-state index >= 15 is 0 Å². The lowest BCUT2D eigenvalue weighted by Gasteiger charge is -2.07. The van der Waals surface area contributed by atoms with Gasteiger partial charge in [0.1, 0.15) is 0 Å². The highest BCUT2D eigenvalue weighted by Crippen LogP contribution is 2.34. The van der Waals surface area contributed by atoms with Crippen molar-refractivity contribution in [2.45, 2.75) is 18.6 Å². The SMILES string of the molecule is N[C@H]1c2cccc(Br)c2C[C@@H]1O. The quantitative estimate of drug-likeness (QED) is 0.704. The molecule has 2 nitrogen and oxygen atoms in total. The Labute approximate surface area is 79.5 Å². The molecule has 0 heterocycles. The highest BCUT2D eigenvalue weighted by molar-refractivity contribution is 9.10. The molecule has 2 atom stereocenters. The van der Waals surface area contributed by atoms with Crippen LogP contribution in [0.4, 0.5) is 0 Å². The van der Waals surface area contributed by atoms with Crippen molar-refractivity contribution in [1.29, 1.82) is 0 Å². The van der Waals surface area contributed by atoms with Crippen LogP contribution in [0.5, 0.6) is 0 Å². The minimum Gasteiger partial charge on any atom is -0.391 e. The molecule has 0 fully saturated rings. The number of hydrogen-bond donors (Lipinski definition) is 2. The number of benzene rings is 1. The Kier molecular flexibility index (Phi) is 1.94. The summed E-state index contributed by atoms with van der Waals surface area (Å²) in [6.07, 6.45) is 0.247. The molecule has 0 saturated carbocycles. The third-order valence-corrected chi connectivity index (χ3v) is 3.08. The molecule has 0 spiro atoms. The van der Waals surface area contributed by atoms with E-state index in [0.717, 1.165) is 15.6 Å². The standard InChI is InChI=1S/C9H10BrNO/c10-7-3-1-2-5-6(7)4-8(12)9(5)11/h1-3,8-9,12H,4,11H2/t8-,9-/m0/s1. The van der Waals surface area contributed by atoms with Gasteiger partial charge >= 0.3 is 0 Å². The topological polar surface area (TPSA) is 46.2 Å². The molecule has 0 bridgehead atoms. The first kappa shape index (κ1) is 8.23. The Hall–Kier alpha value is -0.380. The molecule has 1 aromatic rings. The Morgan fingerprint density at radius 1 is 1.50 bits per heavy atom. The Morgan fingerprint density at radius 3 is 2.92 bits per heavy atom. The zero-order valence-electron chi connectivity index (χ0n) is 6.50. The third kappa shape index (κ3) is 1.09. The number of halogens is 1. The predicted octanol–water partition coefficient (Wildman–Crippen LogP) is 1.37. The third-order valence-electron chi connectivity index (χ3n) is 2.34. The van der Waals surface area contributed by atoms with Crippen molar-refractivity contribution in [3.63, 3.8) is 0 Å². The molecule has 2 rings (SSSR count). The molecule has 0 amide bonds. The number of nitrogens with two attached hydrogens (primary N) is 1. The number of fused-ring (bicyclic) bond motifs is 1. The molecule has 0 aromatic heterocycles. The first-order chi connectivity index (χ1) is 5.70. The fourth-order valence-corrected chi connectivity index (χ4v) is 2.19. The maximum Gasteiger partial charge on any atom is 0.0773 e. The van der Waals surface area contributed by atoms with Gasteiger partial charge in [0.25, 0.3) is 0 Å². The van der Waals surface area contributed by atoms with Crippen molar-refractivity contribution in [2.75, 3.05) is 0 Å². The molecule has 0 unspecified atom stereocenters. The minimum absolute atomic E-state index is 0.211. The summed E-state index contributed by atoms with van der Waals surface area (Å²) in [5.74, 6) is 0. The van der Waals surface area contributed by atoms with Gasteiger partial charge < -0.3 is 10.8 Å². The second-order valence-electron chi connectivity index (χ2n) is 3.10. The van der Waals surface area contributed by atoms with E-state index in [2.05, 4.69) is 15.9 Å². The van der Waals surface area contributed by atoms with Gasteiger partial charge in [-0.3, -0.25) is 0 Å². The number of rotatable bonds is 0. The zero-order valence-corrected chi connectivity index (χ0v) is 8.08. The zero-order chi connectivity index (χ0) is 8.72. The van der Waals surface area contributed by atoms with Crippen molar-refractivity contribution in [3.8, 4) is 0 Å². The highest BCUT2D eigenvalue weighted by atomic mass is 79.9. The van der Waals surface area contributed by atoms with Crippen LogP contribution in [-0.4, -0.2) is 11.2 Å². The van der Waals surface area contributed by atoms with E-state index in [1.54, 1.807) is 0 Å². The van der Waals surface area contributed by atoms with E-state index in [1.165, 1.54) is 0 Å². The molecule has 3 N–H and O–H groups in total. The van der Waals surface area contributed by atoms with Crippen LogP contribution in [0, 0.1) is 0 Å². The van der Waals surface area contributed by atoms with Crippen LogP contribution in [0.1, 0.15) is 17.2 Å². The maximum absolute atomic E-state index is 9.50. The van der Waals surface area contributed by atoms with Gasteiger partial charge in [0, 0.05) is 10.9 Å². The Morgan fingerprint density at radius 2 is 2.25 bits per heavy atom. The van der Waals surface area contributed by atoms with Crippen molar-refractivity contribution in [2.24, 2.45) is 5.73 Å². The molecule has 0 saturated heterocycles. The first-order valence-corrected chi connectivity index (χ1v) is 4.70. The first-order valence-electron chi connectivity index (χ1n) is 3.91. The molecular formula is C9H10BrNO. The lowest BCUT2D eigenvalue weighted by atomic mass is 10.1. The molecule has 1 aliphatic carbocycles. The molecule has 0 aliphatic heterocycles. The minimum atomic E-state index is -0.418. The second-order valence-corrected chi connectivity index (χ2v) is 3.96. The van der Waals surface area contributed by atoms with Crippen LogP contribution in [0.25, 0.3) is 0 Å². The van der Waals surface area contributed by atoms with Crippen LogP contribution < -0.4 is 5.73 Å². The van der Waals surface area contributed by atoms with Crippen LogP contribution >= 0.6 is 15.9 Å². The number of aliphatic hydroxyl groups excluding tert-OH is 1. The highest BCUT2D eigenvalue weighted by Gasteiger charge is 2.28. The van der Waals surface area contributed by atoms with E-state index in [1.807, 2.05) is 18.2 Å². The number of aliphatic hydroxyl groups is 1. The summed E-state index contributed by atoms with van der Waals surface area (Å²) in [6.45, 7) is 0. The van der Waals surface area contributed by atoms with Crippen molar-refractivity contribution < 1.29 is 5.11 Å². The summed E-state index contributed by atoms with van der Waals surface area (Å²) in [5, 5.41) is 9.50. The fraction of sp³-hybridized carbons (Fsp3) is 0.333. The van der Waals surface area contributed by atoms with Crippen LogP contribution in [0.3, 0.4) is 0 Å². The van der Waals surface area contributed by atoms with Crippen molar-refractivity contribution >= 4 is 15.9 Å². The lowest BCUT2D eigenvalue weighted by Crippen LogP contribution is -2.21. The average molecular weight is 228 g/mol. The largest absolute Gasteiger partial charge is 0.391 e.